The Morgan fingerprint density at radius 2 is 2.03 bits per heavy atom. The highest BCUT2D eigenvalue weighted by Crippen LogP contribution is 2.30. The number of phenols is 1. The van der Waals surface area contributed by atoms with E-state index in [1.165, 1.54) is 23.7 Å². The van der Waals surface area contributed by atoms with Crippen LogP contribution < -0.4 is 15.6 Å². The van der Waals surface area contributed by atoms with Gasteiger partial charge in [-0.3, -0.25) is 9.36 Å². The van der Waals surface area contributed by atoms with Gasteiger partial charge in [-0.05, 0) is 61.8 Å². The molecule has 3 heterocycles. The number of likely N-dealkylation sites (N-methyl/N-ethyl adjacent to an activating group) is 1. The zero-order valence-corrected chi connectivity index (χ0v) is 20.6. The summed E-state index contributed by atoms with van der Waals surface area (Å²) in [7, 11) is 3.73. The Bertz CT molecular complexity index is 1430. The summed E-state index contributed by atoms with van der Waals surface area (Å²) in [5.74, 6) is 0.823. The van der Waals surface area contributed by atoms with Gasteiger partial charge in [0.25, 0.3) is 5.56 Å². The number of hydrogen-bond donors (Lipinski definition) is 2. The Morgan fingerprint density at radius 1 is 1.17 bits per heavy atom. The fourth-order valence-electron chi connectivity index (χ4n) is 4.97. The van der Waals surface area contributed by atoms with Crippen LogP contribution in [0.25, 0.3) is 27.8 Å². The minimum absolute atomic E-state index is 0.0858. The Labute approximate surface area is 210 Å². The number of aromatic hydroxyl groups is 1. The average molecular weight is 486 g/mol. The molecule has 0 amide bonds. The molecule has 8 nitrogen and oxygen atoms in total. The van der Waals surface area contributed by atoms with Gasteiger partial charge in [0.15, 0.2) is 5.65 Å². The Balaban J connectivity index is 1.65. The van der Waals surface area contributed by atoms with Crippen LogP contribution in [-0.4, -0.2) is 57.8 Å². The first-order valence-corrected chi connectivity index (χ1v) is 12.3. The fourth-order valence-corrected chi connectivity index (χ4v) is 4.97. The number of nitrogens with zero attached hydrogens (tertiary/aromatic N) is 4. The third-order valence-electron chi connectivity index (χ3n) is 6.76. The molecule has 186 valence electrons. The van der Waals surface area contributed by atoms with Crippen LogP contribution in [0.2, 0.25) is 0 Å². The van der Waals surface area contributed by atoms with Crippen molar-refractivity contribution in [2.75, 3.05) is 27.2 Å². The van der Waals surface area contributed by atoms with Crippen LogP contribution in [0.5, 0.6) is 11.5 Å². The second-order valence-electron chi connectivity index (χ2n) is 9.36. The van der Waals surface area contributed by atoms with Gasteiger partial charge in [0, 0.05) is 37.0 Å². The number of aromatic nitrogens is 3. The van der Waals surface area contributed by atoms with Gasteiger partial charge in [-0.1, -0.05) is 24.6 Å². The number of piperidine rings is 1. The lowest BCUT2D eigenvalue weighted by atomic mass is 9.98. The summed E-state index contributed by atoms with van der Waals surface area (Å²) < 4.78 is 6.92. The summed E-state index contributed by atoms with van der Waals surface area (Å²) in [4.78, 5) is 25.2. The highest BCUT2D eigenvalue weighted by molar-refractivity contribution is 5.86. The van der Waals surface area contributed by atoms with E-state index < -0.39 is 0 Å². The molecule has 1 aliphatic rings. The number of nitrogens with one attached hydrogen (secondary N) is 1. The molecule has 0 radical (unpaired) electrons. The van der Waals surface area contributed by atoms with Crippen LogP contribution in [-0.2, 0) is 6.54 Å². The quantitative estimate of drug-likeness (QED) is 0.412. The first kappa shape index (κ1) is 24.0. The topological polar surface area (TPSA) is 92.5 Å². The molecule has 36 heavy (non-hydrogen) atoms. The summed E-state index contributed by atoms with van der Waals surface area (Å²) in [5, 5.41) is 14.1. The van der Waals surface area contributed by atoms with E-state index in [0.29, 0.717) is 29.3 Å². The van der Waals surface area contributed by atoms with Gasteiger partial charge in [0.05, 0.1) is 18.2 Å². The lowest BCUT2D eigenvalue weighted by Crippen LogP contribution is -2.42. The fraction of sp³-hybridized carbons (Fsp3) is 0.321. The van der Waals surface area contributed by atoms with Crippen molar-refractivity contribution in [3.8, 4) is 28.3 Å². The Morgan fingerprint density at radius 3 is 2.81 bits per heavy atom. The predicted molar refractivity (Wildman–Crippen MR) is 141 cm³/mol. The van der Waals surface area contributed by atoms with E-state index in [1.54, 1.807) is 37.6 Å². The van der Waals surface area contributed by atoms with Gasteiger partial charge in [0.2, 0.25) is 0 Å². The Hall–Kier alpha value is -3.75. The summed E-state index contributed by atoms with van der Waals surface area (Å²) in [6, 6.07) is 14.8. The van der Waals surface area contributed by atoms with Crippen molar-refractivity contribution in [1.82, 2.24) is 24.8 Å². The largest absolute Gasteiger partial charge is 0.508 e. The highest BCUT2D eigenvalue weighted by Gasteiger charge is 2.21. The Kier molecular flexibility index (Phi) is 6.97. The number of fused-ring (bicyclic) bond motifs is 1. The molecule has 1 fully saturated rings. The average Bonchev–Trinajstić information content (AvgIpc) is 2.89. The van der Waals surface area contributed by atoms with Crippen LogP contribution in [0.4, 0.5) is 0 Å². The molecule has 1 aliphatic heterocycles. The lowest BCUT2D eigenvalue weighted by molar-refractivity contribution is 0.257. The van der Waals surface area contributed by atoms with Crippen LogP contribution in [0.15, 0.2) is 65.8 Å². The van der Waals surface area contributed by atoms with Crippen molar-refractivity contribution in [3.05, 3.63) is 77.0 Å². The van der Waals surface area contributed by atoms with E-state index in [-0.39, 0.29) is 11.3 Å². The molecular formula is C28H31N5O3. The highest BCUT2D eigenvalue weighted by atomic mass is 16.5. The van der Waals surface area contributed by atoms with E-state index in [1.807, 2.05) is 24.3 Å². The molecular weight excluding hydrogens is 454 g/mol. The third kappa shape index (κ3) is 4.96. The molecule has 5 rings (SSSR count). The second-order valence-corrected chi connectivity index (χ2v) is 9.36. The molecule has 1 saturated heterocycles. The molecule has 8 heteroatoms. The maximum absolute atomic E-state index is 13.9. The zero-order valence-electron chi connectivity index (χ0n) is 20.6. The van der Waals surface area contributed by atoms with Crippen LogP contribution in [0, 0.1) is 0 Å². The van der Waals surface area contributed by atoms with Crippen molar-refractivity contribution in [2.24, 2.45) is 0 Å². The number of rotatable bonds is 7. The van der Waals surface area contributed by atoms with Crippen molar-refractivity contribution < 1.29 is 9.84 Å². The normalized spacial score (nSPS) is 15.9. The first-order chi connectivity index (χ1) is 17.5. The van der Waals surface area contributed by atoms with Crippen molar-refractivity contribution in [3.63, 3.8) is 0 Å². The number of ether oxygens (including phenoxy) is 1. The van der Waals surface area contributed by atoms with E-state index >= 15 is 0 Å². The smallest absolute Gasteiger partial charge is 0.267 e. The van der Waals surface area contributed by atoms with Crippen LogP contribution in [0.1, 0.15) is 24.8 Å². The minimum Gasteiger partial charge on any atom is -0.508 e. The van der Waals surface area contributed by atoms with Crippen molar-refractivity contribution in [2.45, 2.75) is 31.8 Å². The molecule has 2 N–H and O–H groups in total. The van der Waals surface area contributed by atoms with Gasteiger partial charge in [-0.2, -0.15) is 0 Å². The molecule has 0 saturated carbocycles. The van der Waals surface area contributed by atoms with Crippen molar-refractivity contribution >= 4 is 11.0 Å². The summed E-state index contributed by atoms with van der Waals surface area (Å²) in [6.45, 7) is 2.48. The van der Waals surface area contributed by atoms with E-state index in [9.17, 15) is 9.90 Å². The summed E-state index contributed by atoms with van der Waals surface area (Å²) in [5.41, 5.74) is 3.40. The molecule has 0 bridgehead atoms. The molecule has 2 aromatic carbocycles. The van der Waals surface area contributed by atoms with Gasteiger partial charge < -0.3 is 20.1 Å². The standard InChI is InChI=1S/C28H31N5O3/c1-32(16-20-8-3-4-12-29-20)17-25-24(19-7-5-11-23(13-19)36-2)15-30-27-26(25)28(35)33(18-31-27)21-9-6-10-22(34)14-21/h5-7,9-11,13-15,18,20,29,34H,3-4,8,12,16-17H2,1-2H3. The maximum atomic E-state index is 13.9. The molecule has 0 spiro atoms. The maximum Gasteiger partial charge on any atom is 0.267 e. The number of methoxy groups -OCH3 is 1. The van der Waals surface area contributed by atoms with Crippen LogP contribution >= 0.6 is 0 Å². The lowest BCUT2D eigenvalue weighted by Gasteiger charge is -2.29. The number of phenolic OH excluding ortho intramolecular Hbond substituents is 1. The number of benzene rings is 2. The molecule has 1 atom stereocenters. The summed E-state index contributed by atoms with van der Waals surface area (Å²) in [6.07, 6.45) is 6.87. The summed E-state index contributed by atoms with van der Waals surface area (Å²) >= 11 is 0. The first-order valence-electron chi connectivity index (χ1n) is 12.3. The van der Waals surface area contributed by atoms with Gasteiger partial charge in [-0.15, -0.1) is 0 Å². The number of pyridine rings is 1. The third-order valence-corrected chi connectivity index (χ3v) is 6.76. The minimum atomic E-state index is -0.220. The van der Waals surface area contributed by atoms with E-state index in [4.69, 9.17) is 4.74 Å². The monoisotopic (exact) mass is 485 g/mol. The van der Waals surface area contributed by atoms with Gasteiger partial charge in [-0.25, -0.2) is 9.97 Å². The van der Waals surface area contributed by atoms with Crippen molar-refractivity contribution in [1.29, 1.82) is 0 Å². The van der Waals surface area contributed by atoms with Crippen LogP contribution in [0.3, 0.4) is 0 Å². The molecule has 2 aromatic heterocycles. The second kappa shape index (κ2) is 10.5. The zero-order chi connectivity index (χ0) is 25.1. The predicted octanol–water partition coefficient (Wildman–Crippen LogP) is 3.74. The van der Waals surface area contributed by atoms with E-state index in [2.05, 4.69) is 27.2 Å². The molecule has 1 unspecified atom stereocenters. The SMILES string of the molecule is COc1cccc(-c2cnc3ncn(-c4cccc(O)c4)c(=O)c3c2CN(C)CC2CCCCN2)c1. The van der Waals surface area contributed by atoms with Gasteiger partial charge >= 0.3 is 0 Å². The molecule has 0 aliphatic carbocycles. The van der Waals surface area contributed by atoms with Gasteiger partial charge in [0.1, 0.15) is 17.8 Å². The van der Waals surface area contributed by atoms with E-state index in [0.717, 1.165) is 42.0 Å². The molecule has 4 aromatic rings. The number of hydrogen-bond acceptors (Lipinski definition) is 7.